The Morgan fingerprint density at radius 1 is 0.941 bits per heavy atom. The van der Waals surface area contributed by atoms with Crippen LogP contribution >= 0.6 is 0 Å². The van der Waals surface area contributed by atoms with Gasteiger partial charge < -0.3 is 10.2 Å². The predicted octanol–water partition coefficient (Wildman–Crippen LogP) is 8.01. The van der Waals surface area contributed by atoms with Crippen LogP contribution in [-0.4, -0.2) is 22.3 Å². The Kier molecular flexibility index (Phi) is 6.89. The number of carboxylic acid groups (broad SMARTS) is 1. The normalized spacial score (nSPS) is 42.2. The van der Waals surface area contributed by atoms with Crippen molar-refractivity contribution in [2.75, 3.05) is 0 Å². The molecule has 34 heavy (non-hydrogen) atoms. The summed E-state index contributed by atoms with van der Waals surface area (Å²) >= 11 is 0. The summed E-state index contributed by atoms with van der Waals surface area (Å²) in [5, 5.41) is 21.1. The van der Waals surface area contributed by atoms with Gasteiger partial charge in [0.2, 0.25) is 0 Å². The van der Waals surface area contributed by atoms with Crippen molar-refractivity contribution in [3.63, 3.8) is 0 Å². The second-order valence-electron chi connectivity index (χ2n) is 14.4. The zero-order valence-corrected chi connectivity index (χ0v) is 23.2. The smallest absolute Gasteiger partial charge is 0.304 e. The fraction of sp³-hybridized carbons (Fsp3) is 0.903. The summed E-state index contributed by atoms with van der Waals surface area (Å²) in [7, 11) is 0. The maximum Gasteiger partial charge on any atom is 0.304 e. The minimum Gasteiger partial charge on any atom is -0.481 e. The van der Waals surface area contributed by atoms with Crippen LogP contribution < -0.4 is 0 Å². The summed E-state index contributed by atoms with van der Waals surface area (Å²) in [6.07, 6.45) is 12.5. The van der Waals surface area contributed by atoms with Crippen LogP contribution in [0.2, 0.25) is 0 Å². The molecule has 3 nitrogen and oxygen atoms in total. The molecule has 7 atom stereocenters. The molecule has 2 fully saturated rings. The van der Waals surface area contributed by atoms with Gasteiger partial charge in [-0.15, -0.1) is 0 Å². The summed E-state index contributed by atoms with van der Waals surface area (Å²) < 4.78 is 0. The first-order chi connectivity index (χ1) is 15.8. The van der Waals surface area contributed by atoms with Crippen molar-refractivity contribution in [1.82, 2.24) is 0 Å². The first kappa shape index (κ1) is 26.2. The minimum atomic E-state index is -0.611. The number of hydrogen-bond donors (Lipinski definition) is 2. The van der Waals surface area contributed by atoms with Crippen LogP contribution in [0.4, 0.5) is 0 Å². The van der Waals surface area contributed by atoms with Crippen molar-refractivity contribution in [3.8, 4) is 0 Å². The van der Waals surface area contributed by atoms with Crippen LogP contribution in [0.25, 0.3) is 0 Å². The Labute approximate surface area is 209 Å². The van der Waals surface area contributed by atoms with Crippen LogP contribution in [0.15, 0.2) is 11.1 Å². The molecule has 0 aromatic carbocycles. The average Bonchev–Trinajstić information content (AvgIpc) is 3.03. The lowest BCUT2D eigenvalue weighted by molar-refractivity contribution is -0.142. The van der Waals surface area contributed by atoms with Crippen molar-refractivity contribution in [3.05, 3.63) is 11.1 Å². The SMILES string of the molecule is CC(C)CCC[C@@H](C)C1CC[C@@]2(CC(=O)O)C3=C(CC[C@]12C)[C@@]1(C)CC[C@H](O)C(C)(C)[C@@H]1CC3. The fourth-order valence-electron chi connectivity index (χ4n) is 10.1. The van der Waals surface area contributed by atoms with E-state index in [1.54, 1.807) is 11.1 Å². The summed E-state index contributed by atoms with van der Waals surface area (Å²) in [6.45, 7) is 16.6. The quantitative estimate of drug-likeness (QED) is 0.369. The first-order valence-electron chi connectivity index (χ1n) is 14.4. The van der Waals surface area contributed by atoms with Gasteiger partial charge in [0, 0.05) is 5.41 Å². The van der Waals surface area contributed by atoms with Gasteiger partial charge in [0.25, 0.3) is 0 Å². The molecule has 194 valence electrons. The number of allylic oxidation sites excluding steroid dienone is 2. The number of carboxylic acids is 1. The maximum atomic E-state index is 12.4. The van der Waals surface area contributed by atoms with Crippen molar-refractivity contribution in [2.45, 2.75) is 132 Å². The molecule has 0 heterocycles. The molecule has 4 rings (SSSR count). The van der Waals surface area contributed by atoms with E-state index in [0.29, 0.717) is 24.2 Å². The van der Waals surface area contributed by atoms with Gasteiger partial charge in [-0.2, -0.15) is 0 Å². The lowest BCUT2D eigenvalue weighted by atomic mass is 9.42. The lowest BCUT2D eigenvalue weighted by Gasteiger charge is -2.62. The molecule has 0 radical (unpaired) electrons. The maximum absolute atomic E-state index is 12.4. The molecule has 2 saturated carbocycles. The van der Waals surface area contributed by atoms with Gasteiger partial charge in [0.15, 0.2) is 0 Å². The van der Waals surface area contributed by atoms with Gasteiger partial charge in [0.05, 0.1) is 12.5 Å². The summed E-state index contributed by atoms with van der Waals surface area (Å²) in [6, 6.07) is 0. The summed E-state index contributed by atoms with van der Waals surface area (Å²) in [5.41, 5.74) is 3.15. The van der Waals surface area contributed by atoms with Crippen LogP contribution in [0.3, 0.4) is 0 Å². The molecule has 1 unspecified atom stereocenters. The van der Waals surface area contributed by atoms with Gasteiger partial charge >= 0.3 is 5.97 Å². The molecule has 3 heteroatoms. The van der Waals surface area contributed by atoms with Crippen molar-refractivity contribution in [2.24, 2.45) is 45.3 Å². The monoisotopic (exact) mass is 472 g/mol. The van der Waals surface area contributed by atoms with Crippen LogP contribution in [0.5, 0.6) is 0 Å². The van der Waals surface area contributed by atoms with E-state index in [-0.39, 0.29) is 27.8 Å². The molecule has 0 amide bonds. The van der Waals surface area contributed by atoms with E-state index < -0.39 is 5.97 Å². The molecule has 4 aliphatic rings. The highest BCUT2D eigenvalue weighted by atomic mass is 16.4. The molecule has 4 aliphatic carbocycles. The average molecular weight is 473 g/mol. The van der Waals surface area contributed by atoms with Gasteiger partial charge in [0.1, 0.15) is 0 Å². The Hall–Kier alpha value is -0.830. The molecular formula is C31H52O3. The van der Waals surface area contributed by atoms with Crippen molar-refractivity contribution >= 4 is 5.97 Å². The number of fused-ring (bicyclic) bond motifs is 4. The van der Waals surface area contributed by atoms with Crippen molar-refractivity contribution in [1.29, 1.82) is 0 Å². The molecular weight excluding hydrogens is 420 g/mol. The third-order valence-corrected chi connectivity index (χ3v) is 12.0. The van der Waals surface area contributed by atoms with E-state index in [9.17, 15) is 15.0 Å². The van der Waals surface area contributed by atoms with E-state index in [0.717, 1.165) is 50.9 Å². The Morgan fingerprint density at radius 2 is 1.65 bits per heavy atom. The van der Waals surface area contributed by atoms with E-state index in [1.165, 1.54) is 25.7 Å². The van der Waals surface area contributed by atoms with Gasteiger partial charge in [-0.3, -0.25) is 4.79 Å². The number of rotatable bonds is 7. The number of carbonyl (C=O) groups is 1. The number of aliphatic hydroxyl groups excluding tert-OH is 1. The fourth-order valence-corrected chi connectivity index (χ4v) is 10.1. The second-order valence-corrected chi connectivity index (χ2v) is 14.4. The first-order valence-corrected chi connectivity index (χ1v) is 14.4. The molecule has 0 aliphatic heterocycles. The van der Waals surface area contributed by atoms with Crippen LogP contribution in [0.1, 0.15) is 126 Å². The third-order valence-electron chi connectivity index (χ3n) is 12.0. The Balaban J connectivity index is 1.72. The highest BCUT2D eigenvalue weighted by Gasteiger charge is 2.65. The van der Waals surface area contributed by atoms with E-state index in [4.69, 9.17) is 0 Å². The lowest BCUT2D eigenvalue weighted by Crippen LogP contribution is -2.55. The molecule has 0 bridgehead atoms. The van der Waals surface area contributed by atoms with Crippen LogP contribution in [-0.2, 0) is 4.79 Å². The van der Waals surface area contributed by atoms with Crippen molar-refractivity contribution < 1.29 is 15.0 Å². The van der Waals surface area contributed by atoms with Gasteiger partial charge in [-0.1, -0.05) is 78.9 Å². The molecule has 2 N–H and O–H groups in total. The largest absolute Gasteiger partial charge is 0.481 e. The molecule has 0 saturated heterocycles. The van der Waals surface area contributed by atoms with Gasteiger partial charge in [-0.25, -0.2) is 0 Å². The topological polar surface area (TPSA) is 57.5 Å². The standard InChI is InChI=1S/C31H52O3/c1-20(2)9-8-10-21(3)22-14-18-31(19-27(33)34)24-11-12-25-28(4,5)26(32)15-16-29(25,6)23(24)13-17-30(22,31)7/h20-22,25-26,32H,8-19H2,1-7H3,(H,33,34)/t21-,22?,25+,26+,29-,30-,31-/m1/s1. The Bertz CT molecular complexity index is 825. The van der Waals surface area contributed by atoms with E-state index in [1.807, 2.05) is 0 Å². The molecule has 0 aromatic heterocycles. The minimum absolute atomic E-state index is 0.0740. The van der Waals surface area contributed by atoms with E-state index in [2.05, 4.69) is 48.5 Å². The Morgan fingerprint density at radius 3 is 2.29 bits per heavy atom. The van der Waals surface area contributed by atoms with Gasteiger partial charge in [-0.05, 0) is 91.3 Å². The number of aliphatic carboxylic acids is 1. The predicted molar refractivity (Wildman–Crippen MR) is 139 cm³/mol. The van der Waals surface area contributed by atoms with Crippen LogP contribution in [0, 0.1) is 45.3 Å². The molecule has 0 aromatic rings. The summed E-state index contributed by atoms with van der Waals surface area (Å²) in [4.78, 5) is 12.4. The number of aliphatic hydroxyl groups is 1. The zero-order valence-electron chi connectivity index (χ0n) is 23.2. The zero-order chi connectivity index (χ0) is 25.1. The van der Waals surface area contributed by atoms with E-state index >= 15 is 0 Å². The second kappa shape index (κ2) is 8.93. The highest BCUT2D eigenvalue weighted by Crippen LogP contribution is 2.73. The highest BCUT2D eigenvalue weighted by molar-refractivity contribution is 5.69. The summed E-state index contributed by atoms with van der Waals surface area (Å²) in [5.74, 6) is 1.93. The number of hydrogen-bond acceptors (Lipinski definition) is 2. The third kappa shape index (κ3) is 3.82. The molecule has 0 spiro atoms.